The smallest absolute Gasteiger partial charge is 0.244 e. The first-order valence-corrected chi connectivity index (χ1v) is 6.45. The Kier molecular flexibility index (Phi) is 3.72. The number of terminal acetylenes is 1. The SMILES string of the molecule is C#CCC(N)C(=O)N1CCSc2ccccc21. The van der Waals surface area contributed by atoms with Crippen LogP contribution in [0.1, 0.15) is 6.42 Å². The molecule has 1 amide bonds. The van der Waals surface area contributed by atoms with E-state index in [1.165, 1.54) is 0 Å². The third kappa shape index (κ3) is 2.46. The van der Waals surface area contributed by atoms with Crippen LogP contribution in [-0.4, -0.2) is 24.2 Å². The summed E-state index contributed by atoms with van der Waals surface area (Å²) in [6.45, 7) is 0.693. The summed E-state index contributed by atoms with van der Waals surface area (Å²) in [5.41, 5.74) is 6.72. The highest BCUT2D eigenvalue weighted by molar-refractivity contribution is 7.99. The summed E-state index contributed by atoms with van der Waals surface area (Å²) in [7, 11) is 0. The van der Waals surface area contributed by atoms with E-state index >= 15 is 0 Å². The standard InChI is InChI=1S/C13H14N2OS/c1-2-5-10(14)13(16)15-8-9-17-12-7-4-3-6-11(12)15/h1,3-4,6-7,10H,5,8-9,14H2. The lowest BCUT2D eigenvalue weighted by Crippen LogP contribution is -2.45. The van der Waals surface area contributed by atoms with Crippen molar-refractivity contribution < 1.29 is 4.79 Å². The molecule has 2 rings (SSSR count). The van der Waals surface area contributed by atoms with Crippen molar-refractivity contribution >= 4 is 23.4 Å². The molecule has 1 atom stereocenters. The van der Waals surface area contributed by atoms with E-state index in [2.05, 4.69) is 5.92 Å². The van der Waals surface area contributed by atoms with Gasteiger partial charge in [0.2, 0.25) is 5.91 Å². The van der Waals surface area contributed by atoms with E-state index in [0.29, 0.717) is 6.54 Å². The maximum absolute atomic E-state index is 12.1. The summed E-state index contributed by atoms with van der Waals surface area (Å²) in [5.74, 6) is 3.24. The molecule has 0 spiro atoms. The highest BCUT2D eigenvalue weighted by Crippen LogP contribution is 2.34. The van der Waals surface area contributed by atoms with E-state index in [9.17, 15) is 4.79 Å². The predicted octanol–water partition coefficient (Wildman–Crippen LogP) is 1.48. The minimum absolute atomic E-state index is 0.0873. The van der Waals surface area contributed by atoms with Gasteiger partial charge in [-0.05, 0) is 12.1 Å². The van der Waals surface area contributed by atoms with Crippen molar-refractivity contribution in [3.63, 3.8) is 0 Å². The number of nitrogens with zero attached hydrogens (tertiary/aromatic N) is 1. The Balaban J connectivity index is 2.24. The zero-order valence-electron chi connectivity index (χ0n) is 9.43. The molecular formula is C13H14N2OS. The summed E-state index contributed by atoms with van der Waals surface area (Å²) in [6.07, 6.45) is 5.47. The van der Waals surface area contributed by atoms with Crippen LogP contribution in [0.3, 0.4) is 0 Å². The first kappa shape index (κ1) is 12.0. The van der Waals surface area contributed by atoms with Crippen molar-refractivity contribution in [1.82, 2.24) is 0 Å². The Morgan fingerprint density at radius 3 is 3.12 bits per heavy atom. The second-order valence-electron chi connectivity index (χ2n) is 3.82. The van der Waals surface area contributed by atoms with E-state index in [0.717, 1.165) is 16.3 Å². The van der Waals surface area contributed by atoms with Gasteiger partial charge in [0, 0.05) is 23.6 Å². The molecule has 88 valence electrons. The van der Waals surface area contributed by atoms with Crippen LogP contribution in [-0.2, 0) is 4.79 Å². The molecule has 0 bridgehead atoms. The fraction of sp³-hybridized carbons (Fsp3) is 0.308. The van der Waals surface area contributed by atoms with Crippen LogP contribution < -0.4 is 10.6 Å². The first-order valence-electron chi connectivity index (χ1n) is 5.46. The number of nitrogens with two attached hydrogens (primary N) is 1. The van der Waals surface area contributed by atoms with Gasteiger partial charge in [0.05, 0.1) is 11.7 Å². The zero-order chi connectivity index (χ0) is 12.3. The number of para-hydroxylation sites is 1. The molecule has 4 heteroatoms. The lowest BCUT2D eigenvalue weighted by atomic mass is 10.1. The third-order valence-corrected chi connectivity index (χ3v) is 3.69. The molecular weight excluding hydrogens is 232 g/mol. The Labute approximate surface area is 105 Å². The fourth-order valence-electron chi connectivity index (χ4n) is 1.81. The molecule has 0 radical (unpaired) electrons. The van der Waals surface area contributed by atoms with Crippen LogP contribution >= 0.6 is 11.8 Å². The zero-order valence-corrected chi connectivity index (χ0v) is 10.2. The molecule has 1 heterocycles. The van der Waals surface area contributed by atoms with E-state index < -0.39 is 6.04 Å². The molecule has 1 aliphatic heterocycles. The summed E-state index contributed by atoms with van der Waals surface area (Å²) in [5, 5.41) is 0. The van der Waals surface area contributed by atoms with Crippen LogP contribution in [0.4, 0.5) is 5.69 Å². The number of amides is 1. The van der Waals surface area contributed by atoms with Crippen molar-refractivity contribution in [2.75, 3.05) is 17.2 Å². The molecule has 0 saturated heterocycles. The Bertz CT molecular complexity index is 467. The van der Waals surface area contributed by atoms with E-state index in [1.807, 2.05) is 24.3 Å². The van der Waals surface area contributed by atoms with Gasteiger partial charge in [-0.25, -0.2) is 0 Å². The van der Waals surface area contributed by atoms with Gasteiger partial charge in [0.25, 0.3) is 0 Å². The van der Waals surface area contributed by atoms with Crippen molar-refractivity contribution in [1.29, 1.82) is 0 Å². The number of hydrogen-bond donors (Lipinski definition) is 1. The number of carbonyl (C=O) groups is 1. The molecule has 1 unspecified atom stereocenters. The second-order valence-corrected chi connectivity index (χ2v) is 4.96. The number of carbonyl (C=O) groups excluding carboxylic acids is 1. The van der Waals surface area contributed by atoms with Crippen LogP contribution in [0.25, 0.3) is 0 Å². The molecule has 17 heavy (non-hydrogen) atoms. The normalized spacial score (nSPS) is 15.9. The second kappa shape index (κ2) is 5.26. The van der Waals surface area contributed by atoms with E-state index in [4.69, 9.17) is 12.2 Å². The summed E-state index contributed by atoms with van der Waals surface area (Å²) >= 11 is 1.76. The lowest BCUT2D eigenvalue weighted by Gasteiger charge is -2.30. The molecule has 1 aromatic rings. The summed E-state index contributed by atoms with van der Waals surface area (Å²) in [6, 6.07) is 7.27. The molecule has 0 aromatic heterocycles. The van der Waals surface area contributed by atoms with Gasteiger partial charge < -0.3 is 10.6 Å². The van der Waals surface area contributed by atoms with Gasteiger partial charge in [0.1, 0.15) is 0 Å². The van der Waals surface area contributed by atoms with Crippen LogP contribution in [0.5, 0.6) is 0 Å². The molecule has 0 aliphatic carbocycles. The van der Waals surface area contributed by atoms with Crippen LogP contribution in [0.2, 0.25) is 0 Å². The first-order chi connectivity index (χ1) is 8.24. The number of fused-ring (bicyclic) bond motifs is 1. The maximum Gasteiger partial charge on any atom is 0.244 e. The molecule has 1 aromatic carbocycles. The monoisotopic (exact) mass is 246 g/mol. The molecule has 3 nitrogen and oxygen atoms in total. The number of hydrogen-bond acceptors (Lipinski definition) is 3. The number of benzene rings is 1. The highest BCUT2D eigenvalue weighted by Gasteiger charge is 2.26. The predicted molar refractivity (Wildman–Crippen MR) is 70.9 cm³/mol. The summed E-state index contributed by atoms with van der Waals surface area (Å²) in [4.78, 5) is 15.0. The van der Waals surface area contributed by atoms with Gasteiger partial charge in [-0.1, -0.05) is 12.1 Å². The van der Waals surface area contributed by atoms with Gasteiger partial charge in [-0.2, -0.15) is 0 Å². The quantitative estimate of drug-likeness (QED) is 0.804. The van der Waals surface area contributed by atoms with E-state index in [1.54, 1.807) is 16.7 Å². The van der Waals surface area contributed by atoms with Gasteiger partial charge in [-0.3, -0.25) is 4.79 Å². The Morgan fingerprint density at radius 1 is 1.59 bits per heavy atom. The maximum atomic E-state index is 12.1. The molecule has 0 fully saturated rings. The van der Waals surface area contributed by atoms with Crippen molar-refractivity contribution in [2.45, 2.75) is 17.4 Å². The molecule has 0 saturated carbocycles. The fourth-order valence-corrected chi connectivity index (χ4v) is 2.81. The number of anilines is 1. The van der Waals surface area contributed by atoms with E-state index in [-0.39, 0.29) is 12.3 Å². The summed E-state index contributed by atoms with van der Waals surface area (Å²) < 4.78 is 0. The van der Waals surface area contributed by atoms with Gasteiger partial charge in [0.15, 0.2) is 0 Å². The number of thioether (sulfide) groups is 1. The average molecular weight is 246 g/mol. The molecule has 1 aliphatic rings. The minimum Gasteiger partial charge on any atom is -0.319 e. The van der Waals surface area contributed by atoms with Crippen LogP contribution in [0, 0.1) is 12.3 Å². The van der Waals surface area contributed by atoms with Gasteiger partial charge >= 0.3 is 0 Å². The Morgan fingerprint density at radius 2 is 2.35 bits per heavy atom. The Hall–Kier alpha value is -1.44. The largest absolute Gasteiger partial charge is 0.319 e. The van der Waals surface area contributed by atoms with Crippen molar-refractivity contribution in [2.24, 2.45) is 5.73 Å². The topological polar surface area (TPSA) is 46.3 Å². The van der Waals surface area contributed by atoms with Crippen molar-refractivity contribution in [3.8, 4) is 12.3 Å². The average Bonchev–Trinajstić information content (AvgIpc) is 2.37. The molecule has 2 N–H and O–H groups in total. The van der Waals surface area contributed by atoms with Gasteiger partial charge in [-0.15, -0.1) is 24.1 Å². The minimum atomic E-state index is -0.601. The number of rotatable bonds is 2. The third-order valence-electron chi connectivity index (χ3n) is 2.65. The highest BCUT2D eigenvalue weighted by atomic mass is 32.2. The lowest BCUT2D eigenvalue weighted by molar-refractivity contribution is -0.119. The van der Waals surface area contributed by atoms with Crippen molar-refractivity contribution in [3.05, 3.63) is 24.3 Å². The van der Waals surface area contributed by atoms with Crippen LogP contribution in [0.15, 0.2) is 29.2 Å².